The first-order valence-corrected chi connectivity index (χ1v) is 8.50. The van der Waals surface area contributed by atoms with Crippen molar-refractivity contribution in [2.24, 2.45) is 7.05 Å². The molecule has 7 nitrogen and oxygen atoms in total. The molecule has 0 atom stereocenters. The van der Waals surface area contributed by atoms with Crippen LogP contribution in [0.3, 0.4) is 0 Å². The Kier molecular flexibility index (Phi) is 5.47. The molecule has 0 aliphatic rings. The maximum absolute atomic E-state index is 14.0. The first kappa shape index (κ1) is 20.2. The number of nitrogens with zero attached hydrogens (tertiary/aromatic N) is 3. The van der Waals surface area contributed by atoms with Crippen LogP contribution < -0.4 is 17.1 Å². The molecule has 9 heteroatoms. The van der Waals surface area contributed by atoms with Crippen molar-refractivity contribution in [3.05, 3.63) is 77.6 Å². The topological polar surface area (TPSA) is 91.3 Å². The van der Waals surface area contributed by atoms with Crippen molar-refractivity contribution >= 4 is 17.4 Å². The molecule has 0 radical (unpaired) electrons. The number of ketones is 1. The van der Waals surface area contributed by atoms with Gasteiger partial charge in [0, 0.05) is 18.7 Å². The predicted molar refractivity (Wildman–Crippen MR) is 97.5 cm³/mol. The van der Waals surface area contributed by atoms with Gasteiger partial charge in [0.2, 0.25) is 5.69 Å². The number of aromatic nitrogens is 4. The molecule has 3 heterocycles. The van der Waals surface area contributed by atoms with E-state index in [1.54, 1.807) is 10.6 Å². The van der Waals surface area contributed by atoms with Crippen LogP contribution >= 0.6 is 0 Å². The minimum atomic E-state index is -1.17. The molecule has 0 bridgehead atoms. The monoisotopic (exact) mass is 414 g/mol. The Morgan fingerprint density at radius 2 is 2.03 bits per heavy atom. The summed E-state index contributed by atoms with van der Waals surface area (Å²) in [5, 5.41) is 12.1. The highest BCUT2D eigenvalue weighted by Crippen LogP contribution is 2.19. The highest BCUT2D eigenvalue weighted by atomic mass is 35.5. The number of imidazole rings is 1. The summed E-state index contributed by atoms with van der Waals surface area (Å²) in [4.78, 5) is 28.1. The standard InChI is InChI=1S/C20H15FN4O3.ClH/c1-24-16(4-6-23-24)12-5-7-25-17(11-22-19(25)10-12)18(26)9-14-8-13(20(27)28)2-3-15(14)21;/h2-8,10-11H,9H2,1H3,(H,27,28);1H. The van der Waals surface area contributed by atoms with Gasteiger partial charge in [-0.2, -0.15) is 5.10 Å². The fourth-order valence-electron chi connectivity index (χ4n) is 3.15. The molecule has 0 unspecified atom stereocenters. The van der Waals surface area contributed by atoms with E-state index in [4.69, 9.17) is 5.11 Å². The van der Waals surface area contributed by atoms with Crippen molar-refractivity contribution in [2.45, 2.75) is 6.42 Å². The maximum atomic E-state index is 14.0. The molecule has 29 heavy (non-hydrogen) atoms. The van der Waals surface area contributed by atoms with E-state index in [9.17, 15) is 14.0 Å². The second kappa shape index (κ2) is 7.84. The van der Waals surface area contributed by atoms with Crippen LogP contribution in [0, 0.1) is 5.82 Å². The number of carbonyl (C=O) groups excluding carboxylic acids is 1. The summed E-state index contributed by atoms with van der Waals surface area (Å²) in [7, 11) is 1.89. The van der Waals surface area contributed by atoms with Crippen molar-refractivity contribution in [3.63, 3.8) is 0 Å². The molecule has 148 valence electrons. The molecule has 0 saturated heterocycles. The third-order valence-corrected chi connectivity index (χ3v) is 4.61. The number of benzene rings is 1. The lowest BCUT2D eigenvalue weighted by Crippen LogP contribution is -3.00. The van der Waals surface area contributed by atoms with Crippen LogP contribution in [0.5, 0.6) is 0 Å². The number of carboxylic acids is 1. The number of pyridine rings is 1. The lowest BCUT2D eigenvalue weighted by atomic mass is 10.0. The Morgan fingerprint density at radius 3 is 2.72 bits per heavy atom. The number of carboxylic acid groups (broad SMARTS) is 1. The zero-order valence-corrected chi connectivity index (χ0v) is 16.0. The van der Waals surface area contributed by atoms with Crippen LogP contribution in [0.1, 0.15) is 26.4 Å². The lowest BCUT2D eigenvalue weighted by molar-refractivity contribution is -0.716. The highest BCUT2D eigenvalue weighted by Gasteiger charge is 2.18. The number of carbonyl (C=O) groups is 2. The Labute approximate surface area is 170 Å². The third-order valence-electron chi connectivity index (χ3n) is 4.61. The van der Waals surface area contributed by atoms with E-state index in [0.717, 1.165) is 17.3 Å². The van der Waals surface area contributed by atoms with E-state index in [1.807, 2.05) is 36.1 Å². The Morgan fingerprint density at radius 1 is 1.24 bits per heavy atom. The van der Waals surface area contributed by atoms with E-state index in [1.165, 1.54) is 18.3 Å². The number of fused-ring (bicyclic) bond motifs is 1. The van der Waals surface area contributed by atoms with Gasteiger partial charge in [-0.05, 0) is 35.9 Å². The zero-order chi connectivity index (χ0) is 19.8. The molecule has 4 rings (SSSR count). The second-order valence-corrected chi connectivity index (χ2v) is 6.41. The SMILES string of the molecule is C[n+]1[nH]ccc1-c1ccn2c(C(=O)Cc3cc(C(=O)O)ccc3F)cnc2c1.[Cl-]. The van der Waals surface area contributed by atoms with Gasteiger partial charge in [-0.1, -0.05) is 0 Å². The Bertz CT molecular complexity index is 1230. The average molecular weight is 415 g/mol. The normalized spacial score (nSPS) is 10.7. The molecule has 3 aromatic heterocycles. The number of halogens is 2. The van der Waals surface area contributed by atoms with Crippen molar-refractivity contribution in [1.82, 2.24) is 14.5 Å². The molecule has 0 saturated carbocycles. The molecule has 0 fully saturated rings. The summed E-state index contributed by atoms with van der Waals surface area (Å²) >= 11 is 0. The number of hydrogen-bond donors (Lipinski definition) is 2. The summed E-state index contributed by atoms with van der Waals surface area (Å²) in [6, 6.07) is 9.06. The van der Waals surface area contributed by atoms with E-state index in [0.29, 0.717) is 11.3 Å². The molecule has 0 amide bonds. The Hall–Kier alpha value is -3.52. The van der Waals surface area contributed by atoms with Gasteiger partial charge < -0.3 is 17.5 Å². The van der Waals surface area contributed by atoms with Crippen LogP contribution in [0.15, 0.2) is 55.0 Å². The van der Waals surface area contributed by atoms with Gasteiger partial charge in [0.15, 0.2) is 12.8 Å². The summed E-state index contributed by atoms with van der Waals surface area (Å²) < 4.78 is 17.5. The van der Waals surface area contributed by atoms with Crippen molar-refractivity contribution in [3.8, 4) is 11.3 Å². The Balaban J connectivity index is 0.00000240. The van der Waals surface area contributed by atoms with Gasteiger partial charge >= 0.3 is 5.97 Å². The van der Waals surface area contributed by atoms with Gasteiger partial charge in [0.1, 0.15) is 17.2 Å². The van der Waals surface area contributed by atoms with Crippen LogP contribution in [0.25, 0.3) is 16.9 Å². The van der Waals surface area contributed by atoms with Crippen molar-refractivity contribution in [2.75, 3.05) is 0 Å². The van der Waals surface area contributed by atoms with Gasteiger partial charge in [0.25, 0.3) is 0 Å². The zero-order valence-electron chi connectivity index (χ0n) is 15.3. The van der Waals surface area contributed by atoms with E-state index >= 15 is 0 Å². The largest absolute Gasteiger partial charge is 1.00 e. The number of nitrogens with one attached hydrogen (secondary N) is 1. The summed E-state index contributed by atoms with van der Waals surface area (Å²) in [6.45, 7) is 0. The van der Waals surface area contributed by atoms with Crippen LogP contribution in [-0.2, 0) is 13.5 Å². The smallest absolute Gasteiger partial charge is 0.335 e. The minimum Gasteiger partial charge on any atom is -1.00 e. The molecule has 0 spiro atoms. The number of H-pyrrole nitrogens is 1. The average Bonchev–Trinajstić information content (AvgIpc) is 3.28. The first-order chi connectivity index (χ1) is 13.4. The molecule has 0 aliphatic heterocycles. The molecule has 4 aromatic rings. The van der Waals surface area contributed by atoms with Crippen molar-refractivity contribution in [1.29, 1.82) is 0 Å². The number of hydrogen-bond acceptors (Lipinski definition) is 3. The fraction of sp³-hybridized carbons (Fsp3) is 0.100. The lowest BCUT2D eigenvalue weighted by Gasteiger charge is -2.05. The predicted octanol–water partition coefficient (Wildman–Crippen LogP) is -0.579. The van der Waals surface area contributed by atoms with Gasteiger partial charge in [-0.3, -0.25) is 9.20 Å². The molecular weight excluding hydrogens is 399 g/mol. The van der Waals surface area contributed by atoms with Crippen LogP contribution in [0.2, 0.25) is 0 Å². The fourth-order valence-corrected chi connectivity index (χ4v) is 3.15. The van der Waals surface area contributed by atoms with E-state index in [2.05, 4.69) is 10.1 Å². The number of rotatable bonds is 5. The van der Waals surface area contributed by atoms with E-state index in [-0.39, 0.29) is 35.7 Å². The maximum Gasteiger partial charge on any atom is 0.335 e. The molecule has 0 aliphatic carbocycles. The van der Waals surface area contributed by atoms with Crippen LogP contribution in [0.4, 0.5) is 4.39 Å². The van der Waals surface area contributed by atoms with E-state index < -0.39 is 11.8 Å². The van der Waals surface area contributed by atoms with Crippen molar-refractivity contribution < 1.29 is 36.2 Å². The number of aryl methyl sites for hydroxylation is 1. The summed E-state index contributed by atoms with van der Waals surface area (Å²) in [5.41, 5.74) is 2.76. The van der Waals surface area contributed by atoms with Gasteiger partial charge in [0.05, 0.1) is 23.5 Å². The number of aromatic amines is 1. The van der Waals surface area contributed by atoms with Gasteiger partial charge in [-0.25, -0.2) is 14.2 Å². The quantitative estimate of drug-likeness (QED) is 0.338. The molecular formula is C20H16ClFN4O3. The van der Waals surface area contributed by atoms with Crippen LogP contribution in [-0.4, -0.2) is 31.3 Å². The highest BCUT2D eigenvalue weighted by molar-refractivity contribution is 5.97. The second-order valence-electron chi connectivity index (χ2n) is 6.41. The first-order valence-electron chi connectivity index (χ1n) is 8.50. The molecule has 1 aromatic carbocycles. The van der Waals surface area contributed by atoms with Gasteiger partial charge in [-0.15, -0.1) is 4.68 Å². The number of aromatic carboxylic acids is 1. The molecule has 2 N–H and O–H groups in total. The summed E-state index contributed by atoms with van der Waals surface area (Å²) in [5.74, 6) is -2.14. The third kappa shape index (κ3) is 3.74. The minimum absolute atomic E-state index is 0. The number of Topliss-reactive ketones (excluding diaryl/α,β-unsaturated/α-hetero) is 1. The summed E-state index contributed by atoms with van der Waals surface area (Å²) in [6.07, 6.45) is 4.74.